The molecule has 2 aromatic rings. The Morgan fingerprint density at radius 1 is 0.771 bits per heavy atom. The van der Waals surface area contributed by atoms with Gasteiger partial charge in [-0.2, -0.15) is 0 Å². The predicted octanol–water partition coefficient (Wildman–Crippen LogP) is 6.53. The molecule has 0 aromatic heterocycles. The second-order valence-electron chi connectivity index (χ2n) is 9.51. The lowest BCUT2D eigenvalue weighted by Gasteiger charge is -2.20. The molecule has 0 fully saturated rings. The van der Waals surface area contributed by atoms with E-state index in [1.807, 2.05) is 52.0 Å². The van der Waals surface area contributed by atoms with Gasteiger partial charge in [0.1, 0.15) is 11.2 Å². The van der Waals surface area contributed by atoms with Crippen molar-refractivity contribution in [2.75, 3.05) is 14.1 Å². The lowest BCUT2D eigenvalue weighted by Crippen LogP contribution is -2.26. The summed E-state index contributed by atoms with van der Waals surface area (Å²) in [7, 11) is 6.68. The second kappa shape index (κ2) is 9.94. The first-order valence-electron chi connectivity index (χ1n) is 11.0. The van der Waals surface area contributed by atoms with Gasteiger partial charge in [-0.1, -0.05) is 24.3 Å². The summed E-state index contributed by atoms with van der Waals surface area (Å²) >= 11 is 0. The maximum atomic E-state index is 12.6. The molecule has 2 aromatic carbocycles. The van der Waals surface area contributed by atoms with Gasteiger partial charge in [0, 0.05) is 69.8 Å². The van der Waals surface area contributed by atoms with E-state index in [-0.39, 0.29) is 11.2 Å². The van der Waals surface area contributed by atoms with Crippen molar-refractivity contribution in [2.45, 2.75) is 51.7 Å². The monoisotopic (exact) mass is 536 g/mol. The molecule has 2 heterocycles. The number of hydrogen-bond donors (Lipinski definition) is 0. The minimum atomic E-state index is -0.547. The van der Waals surface area contributed by atoms with Crippen LogP contribution in [-0.4, -0.2) is 46.1 Å². The normalized spacial score (nSPS) is 16.4. The van der Waals surface area contributed by atoms with E-state index in [2.05, 4.69) is 0 Å². The fourth-order valence-corrected chi connectivity index (χ4v) is 7.11. The standard InChI is InChI=1S/C24H28N2O6S3/c1-23(2)13-15-9-7-11-17(19(15)31-23)29-21(27)25(5)33-35-34-26(6)22(28)30-18-12-8-10-16-14-24(3,4)32-20(16)18/h7-12H,13-14H2,1-6H3. The van der Waals surface area contributed by atoms with Crippen LogP contribution in [0.1, 0.15) is 38.8 Å². The Morgan fingerprint density at radius 2 is 1.17 bits per heavy atom. The molecule has 0 radical (unpaired) electrons. The fraction of sp³-hybridized carbons (Fsp3) is 0.417. The van der Waals surface area contributed by atoms with Crippen LogP contribution in [0.25, 0.3) is 0 Å². The molecular weight excluding hydrogens is 508 g/mol. The molecule has 4 rings (SSSR count). The molecule has 0 aliphatic carbocycles. The zero-order valence-electron chi connectivity index (χ0n) is 20.4. The third-order valence-corrected chi connectivity index (χ3v) is 8.97. The highest BCUT2D eigenvalue weighted by Gasteiger charge is 2.34. The molecule has 188 valence electrons. The van der Waals surface area contributed by atoms with E-state index in [4.69, 9.17) is 18.9 Å². The summed E-state index contributed by atoms with van der Waals surface area (Å²) in [5.41, 5.74) is 1.36. The zero-order chi connectivity index (χ0) is 25.4. The van der Waals surface area contributed by atoms with Gasteiger partial charge in [0.25, 0.3) is 0 Å². The van der Waals surface area contributed by atoms with Crippen LogP contribution in [0.4, 0.5) is 9.59 Å². The van der Waals surface area contributed by atoms with Crippen LogP contribution in [0.2, 0.25) is 0 Å². The number of rotatable bonds is 6. The number of fused-ring (bicyclic) bond motifs is 2. The van der Waals surface area contributed by atoms with E-state index in [1.54, 1.807) is 26.2 Å². The van der Waals surface area contributed by atoms with Gasteiger partial charge in [-0.25, -0.2) is 18.2 Å². The number of nitrogens with zero attached hydrogens (tertiary/aromatic N) is 2. The Hall–Kier alpha value is -2.37. The summed E-state index contributed by atoms with van der Waals surface area (Å²) in [6, 6.07) is 11.1. The molecule has 35 heavy (non-hydrogen) atoms. The predicted molar refractivity (Wildman–Crippen MR) is 140 cm³/mol. The number of carbonyl (C=O) groups excluding carboxylic acids is 2. The number of benzene rings is 2. The van der Waals surface area contributed by atoms with Gasteiger partial charge in [0.05, 0.1) is 0 Å². The smallest absolute Gasteiger partial charge is 0.425 e. The molecule has 2 amide bonds. The molecule has 0 N–H and O–H groups in total. The quantitative estimate of drug-likeness (QED) is 0.302. The first-order valence-corrected chi connectivity index (χ1v) is 14.4. The highest BCUT2D eigenvalue weighted by molar-refractivity contribution is 9.08. The molecule has 2 aliphatic heterocycles. The van der Waals surface area contributed by atoms with E-state index in [0.717, 1.165) is 45.9 Å². The summed E-state index contributed by atoms with van der Waals surface area (Å²) < 4.78 is 25.7. The van der Waals surface area contributed by atoms with Crippen molar-refractivity contribution in [3.8, 4) is 23.0 Å². The maximum Gasteiger partial charge on any atom is 0.425 e. The van der Waals surface area contributed by atoms with Crippen LogP contribution in [-0.2, 0) is 12.8 Å². The van der Waals surface area contributed by atoms with E-state index in [0.29, 0.717) is 23.0 Å². The summed E-state index contributed by atoms with van der Waals surface area (Å²) in [5.74, 6) is 2.00. The highest BCUT2D eigenvalue weighted by Crippen LogP contribution is 2.44. The molecule has 0 saturated carbocycles. The Morgan fingerprint density at radius 3 is 1.57 bits per heavy atom. The average Bonchev–Trinajstić information content (AvgIpc) is 3.27. The molecule has 0 spiro atoms. The number of ether oxygens (including phenoxy) is 4. The van der Waals surface area contributed by atoms with Gasteiger partial charge in [-0.05, 0) is 39.8 Å². The van der Waals surface area contributed by atoms with Crippen molar-refractivity contribution < 1.29 is 28.5 Å². The number of carbonyl (C=O) groups is 2. The van der Waals surface area contributed by atoms with Gasteiger partial charge < -0.3 is 18.9 Å². The van der Waals surface area contributed by atoms with Crippen molar-refractivity contribution in [3.05, 3.63) is 47.5 Å². The summed E-state index contributed by atoms with van der Waals surface area (Å²) in [4.78, 5) is 25.1. The largest absolute Gasteiger partial charge is 0.483 e. The Balaban J connectivity index is 1.26. The third-order valence-electron chi connectivity index (χ3n) is 5.30. The summed E-state index contributed by atoms with van der Waals surface area (Å²) in [5, 5.41) is 0. The van der Waals surface area contributed by atoms with Gasteiger partial charge >= 0.3 is 12.2 Å². The maximum absolute atomic E-state index is 12.6. The lowest BCUT2D eigenvalue weighted by atomic mass is 10.0. The molecule has 11 heteroatoms. The number of hydrogen-bond acceptors (Lipinski definition) is 9. The molecule has 2 aliphatic rings. The molecule has 0 saturated heterocycles. The summed E-state index contributed by atoms with van der Waals surface area (Å²) in [6.45, 7) is 7.98. The van der Waals surface area contributed by atoms with Crippen molar-refractivity contribution in [1.82, 2.24) is 8.61 Å². The molecule has 8 nitrogen and oxygen atoms in total. The van der Waals surface area contributed by atoms with Gasteiger partial charge in [0.15, 0.2) is 23.0 Å². The lowest BCUT2D eigenvalue weighted by molar-refractivity contribution is 0.131. The Labute approximate surface area is 217 Å². The SMILES string of the molecule is CN(SSSN(C)C(=O)Oc1cccc2c1OC(C)(C)C2)C(=O)Oc1cccc2c1OC(C)(C)C2. The van der Waals surface area contributed by atoms with Crippen LogP contribution in [0.3, 0.4) is 0 Å². The van der Waals surface area contributed by atoms with Gasteiger partial charge in [-0.3, -0.25) is 0 Å². The van der Waals surface area contributed by atoms with Crippen LogP contribution >= 0.6 is 31.8 Å². The minimum Gasteiger partial charge on any atom is -0.483 e. The minimum absolute atomic E-state index is 0.334. The molecule has 0 unspecified atom stereocenters. The molecule has 0 atom stereocenters. The first kappa shape index (κ1) is 25.7. The Bertz CT molecular complexity index is 1050. The topological polar surface area (TPSA) is 77.5 Å². The van der Waals surface area contributed by atoms with Crippen LogP contribution in [0.5, 0.6) is 23.0 Å². The number of amides is 2. The van der Waals surface area contributed by atoms with Gasteiger partial charge in [0.2, 0.25) is 0 Å². The van der Waals surface area contributed by atoms with E-state index in [9.17, 15) is 9.59 Å². The van der Waals surface area contributed by atoms with Crippen LogP contribution < -0.4 is 18.9 Å². The van der Waals surface area contributed by atoms with Gasteiger partial charge in [-0.15, -0.1) is 0 Å². The number of para-hydroxylation sites is 2. The van der Waals surface area contributed by atoms with E-state index in [1.165, 1.54) is 18.4 Å². The Kier molecular flexibility index (Phi) is 7.31. The summed E-state index contributed by atoms with van der Waals surface area (Å²) in [6.07, 6.45) is 0.413. The van der Waals surface area contributed by atoms with Crippen LogP contribution in [0, 0.1) is 0 Å². The van der Waals surface area contributed by atoms with Crippen molar-refractivity contribution in [2.24, 2.45) is 0 Å². The highest BCUT2D eigenvalue weighted by atomic mass is 33.5. The molecule has 0 bridgehead atoms. The van der Waals surface area contributed by atoms with E-state index < -0.39 is 12.2 Å². The zero-order valence-corrected chi connectivity index (χ0v) is 22.9. The third kappa shape index (κ3) is 6.07. The second-order valence-corrected chi connectivity index (χ2v) is 13.6. The van der Waals surface area contributed by atoms with Crippen molar-refractivity contribution in [3.63, 3.8) is 0 Å². The van der Waals surface area contributed by atoms with E-state index >= 15 is 0 Å². The first-order chi connectivity index (χ1) is 16.4. The van der Waals surface area contributed by atoms with Crippen molar-refractivity contribution >= 4 is 44.0 Å². The fourth-order valence-electron chi connectivity index (χ4n) is 3.82. The molecular formula is C24H28N2O6S3. The van der Waals surface area contributed by atoms with Crippen LogP contribution in [0.15, 0.2) is 36.4 Å². The average molecular weight is 537 g/mol. The van der Waals surface area contributed by atoms with Crippen molar-refractivity contribution in [1.29, 1.82) is 0 Å².